The summed E-state index contributed by atoms with van der Waals surface area (Å²) in [7, 11) is 0. The van der Waals surface area contributed by atoms with Gasteiger partial charge in [-0.05, 0) is 35.4 Å². The maximum Gasteiger partial charge on any atom is 0.416 e. The van der Waals surface area contributed by atoms with Crippen LogP contribution >= 0.6 is 0 Å². The molecule has 102 valence electrons. The lowest BCUT2D eigenvalue weighted by atomic mass is 10.0. The molecular formula is C15H11F3N2. The average Bonchev–Trinajstić information content (AvgIpc) is 2.79. The van der Waals surface area contributed by atoms with Crippen LogP contribution in [0.1, 0.15) is 5.56 Å². The van der Waals surface area contributed by atoms with Crippen LogP contribution in [0.4, 0.5) is 18.9 Å². The number of nitrogens with one attached hydrogen (secondary N) is 1. The highest BCUT2D eigenvalue weighted by Gasteiger charge is 2.29. The number of halogens is 3. The van der Waals surface area contributed by atoms with Gasteiger partial charge in [-0.1, -0.05) is 18.2 Å². The van der Waals surface area contributed by atoms with Gasteiger partial charge in [0.2, 0.25) is 0 Å². The number of aromatic amines is 1. The first kappa shape index (κ1) is 12.6. The van der Waals surface area contributed by atoms with Gasteiger partial charge in [-0.3, -0.25) is 0 Å². The molecule has 0 aliphatic rings. The smallest absolute Gasteiger partial charge is 0.397 e. The van der Waals surface area contributed by atoms with E-state index in [1.165, 1.54) is 12.1 Å². The Morgan fingerprint density at radius 3 is 2.20 bits per heavy atom. The van der Waals surface area contributed by atoms with Crippen LogP contribution in [-0.4, -0.2) is 4.98 Å². The summed E-state index contributed by atoms with van der Waals surface area (Å²) >= 11 is 0. The fourth-order valence-corrected chi connectivity index (χ4v) is 2.17. The van der Waals surface area contributed by atoms with Gasteiger partial charge < -0.3 is 10.7 Å². The molecular weight excluding hydrogens is 265 g/mol. The van der Waals surface area contributed by atoms with Gasteiger partial charge in [0, 0.05) is 17.1 Å². The molecule has 3 N–H and O–H groups in total. The fourth-order valence-electron chi connectivity index (χ4n) is 2.17. The van der Waals surface area contributed by atoms with Crippen molar-refractivity contribution in [3.63, 3.8) is 0 Å². The Morgan fingerprint density at radius 1 is 0.900 bits per heavy atom. The maximum absolute atomic E-state index is 12.5. The predicted octanol–water partition coefficient (Wildman–Crippen LogP) is 4.44. The summed E-state index contributed by atoms with van der Waals surface area (Å²) in [6.07, 6.45) is -2.62. The van der Waals surface area contributed by atoms with E-state index in [1.807, 2.05) is 18.2 Å². The number of alkyl halides is 3. The van der Waals surface area contributed by atoms with Crippen molar-refractivity contribution >= 4 is 16.6 Å². The van der Waals surface area contributed by atoms with Crippen LogP contribution in [0.3, 0.4) is 0 Å². The normalized spacial score (nSPS) is 11.9. The molecule has 2 nitrogen and oxygen atoms in total. The monoisotopic (exact) mass is 276 g/mol. The molecule has 3 aromatic rings. The third kappa shape index (κ3) is 2.11. The molecule has 0 unspecified atom stereocenters. The lowest BCUT2D eigenvalue weighted by Gasteiger charge is -2.08. The number of aromatic nitrogens is 1. The number of nitrogen functional groups attached to an aromatic ring is 1. The van der Waals surface area contributed by atoms with E-state index in [0.717, 1.165) is 34.2 Å². The van der Waals surface area contributed by atoms with Gasteiger partial charge in [0.1, 0.15) is 0 Å². The summed E-state index contributed by atoms with van der Waals surface area (Å²) in [4.78, 5) is 3.02. The second-order valence-electron chi connectivity index (χ2n) is 4.58. The third-order valence-electron chi connectivity index (χ3n) is 3.26. The molecule has 0 fully saturated rings. The van der Waals surface area contributed by atoms with Crippen molar-refractivity contribution in [2.75, 3.05) is 5.73 Å². The van der Waals surface area contributed by atoms with Crippen molar-refractivity contribution in [3.05, 3.63) is 54.2 Å². The molecule has 0 bridgehead atoms. The zero-order valence-electron chi connectivity index (χ0n) is 10.3. The van der Waals surface area contributed by atoms with Gasteiger partial charge >= 0.3 is 6.18 Å². The largest absolute Gasteiger partial charge is 0.416 e. The van der Waals surface area contributed by atoms with Crippen LogP contribution in [0, 0.1) is 0 Å². The Hall–Kier alpha value is -2.43. The quantitative estimate of drug-likeness (QED) is 0.678. The molecule has 2 aromatic carbocycles. The Kier molecular flexibility index (Phi) is 2.71. The molecule has 0 spiro atoms. The molecule has 0 aliphatic heterocycles. The van der Waals surface area contributed by atoms with Gasteiger partial charge in [-0.15, -0.1) is 0 Å². The van der Waals surface area contributed by atoms with E-state index in [9.17, 15) is 13.2 Å². The van der Waals surface area contributed by atoms with Crippen LogP contribution in [0.15, 0.2) is 48.7 Å². The molecule has 3 rings (SSSR count). The summed E-state index contributed by atoms with van der Waals surface area (Å²) in [5.41, 5.74) is 8.25. The zero-order chi connectivity index (χ0) is 14.3. The van der Waals surface area contributed by atoms with Crippen LogP contribution in [-0.2, 0) is 6.18 Å². The first-order chi connectivity index (χ1) is 9.45. The molecule has 0 amide bonds. The lowest BCUT2D eigenvalue weighted by Crippen LogP contribution is -2.03. The first-order valence-electron chi connectivity index (χ1n) is 5.99. The van der Waals surface area contributed by atoms with Crippen molar-refractivity contribution in [1.29, 1.82) is 0 Å². The minimum Gasteiger partial charge on any atom is -0.397 e. The van der Waals surface area contributed by atoms with Gasteiger partial charge in [0.05, 0.1) is 11.3 Å². The van der Waals surface area contributed by atoms with E-state index >= 15 is 0 Å². The summed E-state index contributed by atoms with van der Waals surface area (Å²) < 4.78 is 37.6. The van der Waals surface area contributed by atoms with Gasteiger partial charge in [-0.25, -0.2) is 0 Å². The molecule has 0 radical (unpaired) electrons. The zero-order valence-corrected chi connectivity index (χ0v) is 10.3. The summed E-state index contributed by atoms with van der Waals surface area (Å²) in [5.74, 6) is 0. The van der Waals surface area contributed by atoms with Crippen LogP contribution in [0.25, 0.3) is 22.0 Å². The molecule has 0 saturated carbocycles. The van der Waals surface area contributed by atoms with Gasteiger partial charge in [0.25, 0.3) is 0 Å². The standard InChI is InChI=1S/C15H11F3N2/c16-15(17,18)11-4-1-9(2-5-11)10-3-6-14-12(7-10)13(19)8-20-14/h1-8,20H,19H2. The van der Waals surface area contributed by atoms with Crippen LogP contribution in [0.2, 0.25) is 0 Å². The number of H-pyrrole nitrogens is 1. The number of anilines is 1. The van der Waals surface area contributed by atoms with Crippen molar-refractivity contribution in [3.8, 4) is 11.1 Å². The van der Waals surface area contributed by atoms with E-state index in [-0.39, 0.29) is 0 Å². The number of benzene rings is 2. The minimum atomic E-state index is -4.31. The number of hydrogen-bond donors (Lipinski definition) is 2. The van der Waals surface area contributed by atoms with Crippen molar-refractivity contribution < 1.29 is 13.2 Å². The van der Waals surface area contributed by atoms with E-state index in [1.54, 1.807) is 6.20 Å². The molecule has 5 heteroatoms. The maximum atomic E-state index is 12.5. The minimum absolute atomic E-state index is 0.619. The van der Waals surface area contributed by atoms with E-state index in [4.69, 9.17) is 5.73 Å². The van der Waals surface area contributed by atoms with E-state index in [0.29, 0.717) is 5.69 Å². The Labute approximate surface area is 113 Å². The number of rotatable bonds is 1. The van der Waals surface area contributed by atoms with Gasteiger partial charge in [0.15, 0.2) is 0 Å². The summed E-state index contributed by atoms with van der Waals surface area (Å²) in [6.45, 7) is 0. The van der Waals surface area contributed by atoms with E-state index < -0.39 is 11.7 Å². The Morgan fingerprint density at radius 2 is 1.55 bits per heavy atom. The van der Waals surface area contributed by atoms with Gasteiger partial charge in [-0.2, -0.15) is 13.2 Å². The average molecular weight is 276 g/mol. The number of fused-ring (bicyclic) bond motifs is 1. The highest BCUT2D eigenvalue weighted by Crippen LogP contribution is 2.32. The second kappa shape index (κ2) is 4.30. The van der Waals surface area contributed by atoms with Crippen molar-refractivity contribution in [2.24, 2.45) is 0 Å². The third-order valence-corrected chi connectivity index (χ3v) is 3.26. The Balaban J connectivity index is 2.04. The molecule has 0 aliphatic carbocycles. The second-order valence-corrected chi connectivity index (χ2v) is 4.58. The molecule has 0 atom stereocenters. The van der Waals surface area contributed by atoms with Crippen LogP contribution < -0.4 is 5.73 Å². The number of nitrogens with two attached hydrogens (primary N) is 1. The highest BCUT2D eigenvalue weighted by atomic mass is 19.4. The first-order valence-corrected chi connectivity index (χ1v) is 5.99. The summed E-state index contributed by atoms with van der Waals surface area (Å²) in [5, 5.41) is 0.863. The Bertz CT molecular complexity index is 755. The highest BCUT2D eigenvalue weighted by molar-refractivity contribution is 5.94. The molecule has 20 heavy (non-hydrogen) atoms. The summed E-state index contributed by atoms with van der Waals surface area (Å²) in [6, 6.07) is 10.7. The molecule has 1 heterocycles. The molecule has 0 saturated heterocycles. The fraction of sp³-hybridized carbons (Fsp3) is 0.0667. The lowest BCUT2D eigenvalue weighted by molar-refractivity contribution is -0.137. The topological polar surface area (TPSA) is 41.8 Å². The predicted molar refractivity (Wildman–Crippen MR) is 73.1 cm³/mol. The number of hydrogen-bond acceptors (Lipinski definition) is 1. The van der Waals surface area contributed by atoms with Crippen molar-refractivity contribution in [1.82, 2.24) is 4.98 Å². The SMILES string of the molecule is Nc1c[nH]c2ccc(-c3ccc(C(F)(F)F)cc3)cc12. The van der Waals surface area contributed by atoms with E-state index in [2.05, 4.69) is 4.98 Å². The van der Waals surface area contributed by atoms with Crippen LogP contribution in [0.5, 0.6) is 0 Å². The van der Waals surface area contributed by atoms with Crippen molar-refractivity contribution in [2.45, 2.75) is 6.18 Å². The molecule has 1 aromatic heterocycles.